The van der Waals surface area contributed by atoms with Gasteiger partial charge in [-0.25, -0.2) is 0 Å². The van der Waals surface area contributed by atoms with E-state index in [1.54, 1.807) is 38.5 Å². The Morgan fingerprint density at radius 2 is 1.39 bits per heavy atom. The summed E-state index contributed by atoms with van der Waals surface area (Å²) in [4.78, 5) is 12.9. The average molecular weight is 396 g/mol. The van der Waals surface area contributed by atoms with Gasteiger partial charge in [0.1, 0.15) is 11.5 Å². The van der Waals surface area contributed by atoms with E-state index in [2.05, 4.69) is 5.32 Å². The van der Waals surface area contributed by atoms with Gasteiger partial charge in [-0.2, -0.15) is 0 Å². The molecule has 0 saturated heterocycles. The highest BCUT2D eigenvalue weighted by Gasteiger charge is 2.18. The Labute approximate surface area is 170 Å². The fraction of sp³-hybridized carbons (Fsp3) is 0.174. The SMILES string of the molecule is COc1ccc(C(=O)C[C@H](Nc2ccc(Cl)cc2)c2ccc(OC)cc2)cc1. The Kier molecular flexibility index (Phi) is 6.56. The minimum Gasteiger partial charge on any atom is -0.497 e. The van der Waals surface area contributed by atoms with Crippen LogP contribution in [0.2, 0.25) is 5.02 Å². The molecule has 0 aromatic heterocycles. The third-order valence-electron chi connectivity index (χ3n) is 4.50. The third-order valence-corrected chi connectivity index (χ3v) is 4.76. The Hall–Kier alpha value is -2.98. The number of benzene rings is 3. The van der Waals surface area contributed by atoms with Crippen LogP contribution in [0.25, 0.3) is 0 Å². The molecule has 3 rings (SSSR count). The number of ketones is 1. The van der Waals surface area contributed by atoms with Crippen molar-refractivity contribution in [2.45, 2.75) is 12.5 Å². The molecular formula is C23H22ClNO3. The summed E-state index contributed by atoms with van der Waals surface area (Å²) in [6.07, 6.45) is 0.307. The van der Waals surface area contributed by atoms with Crippen LogP contribution in [0.15, 0.2) is 72.8 Å². The van der Waals surface area contributed by atoms with Gasteiger partial charge >= 0.3 is 0 Å². The number of methoxy groups -OCH3 is 2. The first kappa shape index (κ1) is 19.8. The summed E-state index contributed by atoms with van der Waals surface area (Å²) in [7, 11) is 3.23. The number of hydrogen-bond acceptors (Lipinski definition) is 4. The lowest BCUT2D eigenvalue weighted by Crippen LogP contribution is -2.16. The smallest absolute Gasteiger partial charge is 0.165 e. The van der Waals surface area contributed by atoms with Gasteiger partial charge in [0.2, 0.25) is 0 Å². The molecule has 1 atom stereocenters. The molecule has 0 amide bonds. The van der Waals surface area contributed by atoms with Gasteiger partial charge in [0, 0.05) is 22.7 Å². The molecule has 0 spiro atoms. The van der Waals surface area contributed by atoms with Gasteiger partial charge in [0.25, 0.3) is 0 Å². The maximum atomic E-state index is 12.9. The molecule has 4 nitrogen and oxygen atoms in total. The summed E-state index contributed by atoms with van der Waals surface area (Å²) in [6, 6.07) is 22.1. The quantitative estimate of drug-likeness (QED) is 0.491. The minimum absolute atomic E-state index is 0.0462. The van der Waals surface area contributed by atoms with Crippen molar-refractivity contribution in [2.24, 2.45) is 0 Å². The number of carbonyl (C=O) groups is 1. The van der Waals surface area contributed by atoms with Gasteiger partial charge in [-0.05, 0) is 66.2 Å². The maximum absolute atomic E-state index is 12.9. The number of halogens is 1. The Balaban J connectivity index is 1.83. The zero-order chi connectivity index (χ0) is 19.9. The van der Waals surface area contributed by atoms with Crippen molar-refractivity contribution in [3.05, 3.63) is 88.9 Å². The van der Waals surface area contributed by atoms with Gasteiger partial charge in [-0.15, -0.1) is 0 Å². The normalized spacial score (nSPS) is 11.5. The molecule has 144 valence electrons. The zero-order valence-corrected chi connectivity index (χ0v) is 16.6. The van der Waals surface area contributed by atoms with E-state index in [1.165, 1.54) is 0 Å². The van der Waals surface area contributed by atoms with Crippen molar-refractivity contribution >= 4 is 23.1 Å². The van der Waals surface area contributed by atoms with E-state index in [1.807, 2.05) is 48.5 Å². The number of carbonyl (C=O) groups excluding carboxylic acids is 1. The Morgan fingerprint density at radius 3 is 1.93 bits per heavy atom. The van der Waals surface area contributed by atoms with Crippen LogP contribution < -0.4 is 14.8 Å². The number of anilines is 1. The van der Waals surface area contributed by atoms with E-state index in [0.717, 1.165) is 22.7 Å². The molecule has 1 N–H and O–H groups in total. The average Bonchev–Trinajstić information content (AvgIpc) is 2.75. The van der Waals surface area contributed by atoms with E-state index in [4.69, 9.17) is 21.1 Å². The summed E-state index contributed by atoms with van der Waals surface area (Å²) >= 11 is 5.98. The summed E-state index contributed by atoms with van der Waals surface area (Å²) in [5, 5.41) is 4.11. The molecule has 0 saturated carbocycles. The van der Waals surface area contributed by atoms with Gasteiger partial charge in [0.05, 0.1) is 20.3 Å². The predicted octanol–water partition coefficient (Wildman–Crippen LogP) is 5.78. The number of Topliss-reactive ketones (excluding diaryl/α,β-unsaturated/α-hetero) is 1. The molecule has 0 heterocycles. The second-order valence-corrected chi connectivity index (χ2v) is 6.77. The van der Waals surface area contributed by atoms with Crippen molar-refractivity contribution < 1.29 is 14.3 Å². The second-order valence-electron chi connectivity index (χ2n) is 6.33. The Bertz CT molecular complexity index is 906. The molecule has 3 aromatic carbocycles. The summed E-state index contributed by atoms with van der Waals surface area (Å²) in [5.41, 5.74) is 2.54. The minimum atomic E-state index is -0.193. The molecule has 0 unspecified atom stereocenters. The number of rotatable bonds is 8. The molecule has 5 heteroatoms. The summed E-state index contributed by atoms with van der Waals surface area (Å²) < 4.78 is 10.4. The fourth-order valence-corrected chi connectivity index (χ4v) is 3.04. The molecule has 0 fully saturated rings. The van der Waals surface area contributed by atoms with Crippen molar-refractivity contribution in [3.63, 3.8) is 0 Å². The lowest BCUT2D eigenvalue weighted by molar-refractivity contribution is 0.0976. The summed E-state index contributed by atoms with van der Waals surface area (Å²) in [5.74, 6) is 1.54. The van der Waals surface area contributed by atoms with E-state index in [-0.39, 0.29) is 11.8 Å². The van der Waals surface area contributed by atoms with Gasteiger partial charge in [-0.3, -0.25) is 4.79 Å². The molecular weight excluding hydrogens is 374 g/mol. The van der Waals surface area contributed by atoms with Crippen molar-refractivity contribution in [1.82, 2.24) is 0 Å². The predicted molar refractivity (Wildman–Crippen MR) is 113 cm³/mol. The van der Waals surface area contributed by atoms with Gasteiger partial charge in [-0.1, -0.05) is 23.7 Å². The van der Waals surface area contributed by atoms with Crippen LogP contribution in [-0.4, -0.2) is 20.0 Å². The molecule has 0 aliphatic heterocycles. The lowest BCUT2D eigenvalue weighted by Gasteiger charge is -2.20. The largest absolute Gasteiger partial charge is 0.497 e. The van der Waals surface area contributed by atoms with E-state index in [0.29, 0.717) is 17.0 Å². The molecule has 0 bridgehead atoms. The molecule has 0 radical (unpaired) electrons. The second kappa shape index (κ2) is 9.29. The monoisotopic (exact) mass is 395 g/mol. The zero-order valence-electron chi connectivity index (χ0n) is 15.8. The van der Waals surface area contributed by atoms with Crippen molar-refractivity contribution in [2.75, 3.05) is 19.5 Å². The highest BCUT2D eigenvalue weighted by Crippen LogP contribution is 2.27. The first-order valence-electron chi connectivity index (χ1n) is 8.92. The maximum Gasteiger partial charge on any atom is 0.165 e. The third kappa shape index (κ3) is 5.05. The topological polar surface area (TPSA) is 47.6 Å². The fourth-order valence-electron chi connectivity index (χ4n) is 2.92. The van der Waals surface area contributed by atoms with E-state index < -0.39 is 0 Å². The number of hydrogen-bond donors (Lipinski definition) is 1. The standard InChI is InChI=1S/C23H22ClNO3/c1-27-20-11-3-16(4-12-20)22(25-19-9-7-18(24)8-10-19)15-23(26)17-5-13-21(28-2)14-6-17/h3-14,22,25H,15H2,1-2H3/t22-/m0/s1. The van der Waals surface area contributed by atoms with Crippen LogP contribution in [0.5, 0.6) is 11.5 Å². The van der Waals surface area contributed by atoms with Crippen LogP contribution in [0.4, 0.5) is 5.69 Å². The van der Waals surface area contributed by atoms with Crippen LogP contribution in [-0.2, 0) is 0 Å². The molecule has 3 aromatic rings. The first-order valence-corrected chi connectivity index (χ1v) is 9.30. The Morgan fingerprint density at radius 1 is 0.857 bits per heavy atom. The molecule has 28 heavy (non-hydrogen) atoms. The summed E-state index contributed by atoms with van der Waals surface area (Å²) in [6.45, 7) is 0. The highest BCUT2D eigenvalue weighted by molar-refractivity contribution is 6.30. The van der Waals surface area contributed by atoms with Crippen LogP contribution in [0.3, 0.4) is 0 Å². The van der Waals surface area contributed by atoms with Crippen LogP contribution in [0, 0.1) is 0 Å². The lowest BCUT2D eigenvalue weighted by atomic mass is 9.97. The van der Waals surface area contributed by atoms with E-state index >= 15 is 0 Å². The van der Waals surface area contributed by atoms with Gasteiger partial charge < -0.3 is 14.8 Å². The first-order chi connectivity index (χ1) is 13.6. The van der Waals surface area contributed by atoms with Gasteiger partial charge in [0.15, 0.2) is 5.78 Å². The highest BCUT2D eigenvalue weighted by atomic mass is 35.5. The van der Waals surface area contributed by atoms with Crippen molar-refractivity contribution in [3.8, 4) is 11.5 Å². The van der Waals surface area contributed by atoms with Crippen molar-refractivity contribution in [1.29, 1.82) is 0 Å². The molecule has 0 aliphatic carbocycles. The molecule has 0 aliphatic rings. The van der Waals surface area contributed by atoms with E-state index in [9.17, 15) is 4.79 Å². The number of ether oxygens (including phenoxy) is 2. The number of nitrogens with one attached hydrogen (secondary N) is 1. The van der Waals surface area contributed by atoms with Crippen LogP contribution in [0.1, 0.15) is 28.4 Å². The van der Waals surface area contributed by atoms with Crippen LogP contribution >= 0.6 is 11.6 Å².